The molecule has 0 radical (unpaired) electrons. The van der Waals surface area contributed by atoms with Crippen LogP contribution < -0.4 is 5.32 Å². The minimum atomic E-state index is -0.0810. The fourth-order valence-corrected chi connectivity index (χ4v) is 2.32. The lowest BCUT2D eigenvalue weighted by Gasteiger charge is -2.05. The molecular weight excluding hydrogens is 286 g/mol. The highest BCUT2D eigenvalue weighted by Crippen LogP contribution is 2.26. The van der Waals surface area contributed by atoms with Gasteiger partial charge in [-0.3, -0.25) is 9.59 Å². The highest BCUT2D eigenvalue weighted by Gasteiger charge is 2.15. The van der Waals surface area contributed by atoms with Crippen molar-refractivity contribution in [3.63, 3.8) is 0 Å². The van der Waals surface area contributed by atoms with Gasteiger partial charge in [0, 0.05) is 33.5 Å². The Bertz CT molecular complexity index is 694. The highest BCUT2D eigenvalue weighted by atomic mass is 16.5. The van der Waals surface area contributed by atoms with Crippen LogP contribution in [0.15, 0.2) is 12.1 Å². The van der Waals surface area contributed by atoms with Crippen LogP contribution in [0.25, 0.3) is 11.0 Å². The molecule has 1 amide bonds. The summed E-state index contributed by atoms with van der Waals surface area (Å²) >= 11 is 0. The van der Waals surface area contributed by atoms with E-state index in [0.717, 1.165) is 0 Å². The van der Waals surface area contributed by atoms with Gasteiger partial charge >= 0.3 is 0 Å². The Morgan fingerprint density at radius 1 is 1.50 bits per heavy atom. The Labute approximate surface area is 127 Å². The summed E-state index contributed by atoms with van der Waals surface area (Å²) in [6.07, 6.45) is 1.35. The zero-order valence-corrected chi connectivity index (χ0v) is 12.6. The minimum absolute atomic E-state index is 0.0747. The second-order valence-electron chi connectivity index (χ2n) is 4.91. The van der Waals surface area contributed by atoms with Crippen LogP contribution in [-0.4, -0.2) is 47.1 Å². The summed E-state index contributed by atoms with van der Waals surface area (Å²) in [6, 6.07) is 3.10. The van der Waals surface area contributed by atoms with Crippen LogP contribution >= 0.6 is 0 Å². The molecule has 0 saturated heterocycles. The zero-order valence-electron chi connectivity index (χ0n) is 12.6. The molecular formula is C15H19N3O4. The molecule has 7 nitrogen and oxygen atoms in total. The summed E-state index contributed by atoms with van der Waals surface area (Å²) in [5.41, 5.74) is 1.41. The van der Waals surface area contributed by atoms with Gasteiger partial charge in [0.25, 0.3) is 0 Å². The van der Waals surface area contributed by atoms with Gasteiger partial charge in [-0.25, -0.2) is 4.98 Å². The molecule has 0 unspecified atom stereocenters. The summed E-state index contributed by atoms with van der Waals surface area (Å²) < 4.78 is 6.60. The van der Waals surface area contributed by atoms with Crippen LogP contribution in [0.4, 0.5) is 0 Å². The van der Waals surface area contributed by atoms with Gasteiger partial charge in [0.15, 0.2) is 6.29 Å². The van der Waals surface area contributed by atoms with Crippen LogP contribution in [0.3, 0.4) is 0 Å². The SMILES string of the molecule is COCCNC(=O)CCc1nc2ccc(O)c(C=O)c2n1C. The summed E-state index contributed by atoms with van der Waals surface area (Å²) in [7, 11) is 3.34. The number of amides is 1. The third kappa shape index (κ3) is 3.25. The number of aryl methyl sites for hydroxylation is 2. The lowest BCUT2D eigenvalue weighted by Crippen LogP contribution is -2.27. The average Bonchev–Trinajstić information content (AvgIpc) is 2.82. The van der Waals surface area contributed by atoms with Crippen LogP contribution in [-0.2, 0) is 23.0 Å². The number of nitrogens with zero attached hydrogens (tertiary/aromatic N) is 2. The Morgan fingerprint density at radius 2 is 2.27 bits per heavy atom. The highest BCUT2D eigenvalue weighted by molar-refractivity contribution is 5.97. The second-order valence-corrected chi connectivity index (χ2v) is 4.91. The predicted molar refractivity (Wildman–Crippen MR) is 81.0 cm³/mol. The Kier molecular flexibility index (Phi) is 5.11. The number of carbonyl (C=O) groups is 2. The molecule has 1 aromatic heterocycles. The van der Waals surface area contributed by atoms with Crippen molar-refractivity contribution in [3.05, 3.63) is 23.5 Å². The largest absolute Gasteiger partial charge is 0.507 e. The molecule has 0 bridgehead atoms. The first kappa shape index (κ1) is 16.0. The number of aldehydes is 1. The molecule has 118 valence electrons. The molecule has 2 rings (SSSR count). The van der Waals surface area contributed by atoms with Crippen molar-refractivity contribution in [2.24, 2.45) is 7.05 Å². The standard InChI is InChI=1S/C15H19N3O4/c1-18-13(5-6-14(21)16-7-8-22-2)17-11-3-4-12(20)10(9-19)15(11)18/h3-4,9,20H,5-8H2,1-2H3,(H,16,21). The lowest BCUT2D eigenvalue weighted by molar-refractivity contribution is -0.121. The van der Waals surface area contributed by atoms with Gasteiger partial charge in [-0.05, 0) is 12.1 Å². The number of aromatic nitrogens is 2. The molecule has 0 fully saturated rings. The molecule has 7 heteroatoms. The summed E-state index contributed by atoms with van der Waals surface area (Å²) in [4.78, 5) is 27.3. The summed E-state index contributed by atoms with van der Waals surface area (Å²) in [5, 5.41) is 12.5. The van der Waals surface area contributed by atoms with E-state index in [9.17, 15) is 14.7 Å². The van der Waals surface area contributed by atoms with Crippen molar-refractivity contribution < 1.29 is 19.4 Å². The van der Waals surface area contributed by atoms with Crippen LogP contribution in [0.5, 0.6) is 5.75 Å². The molecule has 0 aliphatic carbocycles. The number of methoxy groups -OCH3 is 1. The van der Waals surface area contributed by atoms with E-state index >= 15 is 0 Å². The quantitative estimate of drug-likeness (QED) is 0.582. The van der Waals surface area contributed by atoms with Gasteiger partial charge in [-0.1, -0.05) is 0 Å². The second kappa shape index (κ2) is 7.04. The summed E-state index contributed by atoms with van der Waals surface area (Å²) in [6.45, 7) is 0.945. The van der Waals surface area contributed by atoms with Crippen molar-refractivity contribution in [3.8, 4) is 5.75 Å². The van der Waals surface area contributed by atoms with Gasteiger partial charge in [0.2, 0.25) is 5.91 Å². The molecule has 22 heavy (non-hydrogen) atoms. The average molecular weight is 305 g/mol. The first-order chi connectivity index (χ1) is 10.6. The lowest BCUT2D eigenvalue weighted by atomic mass is 10.2. The van der Waals surface area contributed by atoms with Crippen molar-refractivity contribution in [1.82, 2.24) is 14.9 Å². The monoisotopic (exact) mass is 305 g/mol. The molecule has 2 aromatic rings. The normalized spacial score (nSPS) is 10.8. The van der Waals surface area contributed by atoms with Gasteiger partial charge < -0.3 is 19.7 Å². The number of ether oxygens (including phenoxy) is 1. The third-order valence-electron chi connectivity index (χ3n) is 3.47. The third-order valence-corrected chi connectivity index (χ3v) is 3.47. The molecule has 2 N–H and O–H groups in total. The van der Waals surface area contributed by atoms with Gasteiger partial charge in [0.1, 0.15) is 11.6 Å². The number of carbonyl (C=O) groups excluding carboxylic acids is 2. The van der Waals surface area contributed by atoms with Gasteiger partial charge in [-0.15, -0.1) is 0 Å². The molecule has 0 aliphatic heterocycles. The summed E-state index contributed by atoms with van der Waals surface area (Å²) in [5.74, 6) is 0.530. The van der Waals surface area contributed by atoms with E-state index in [4.69, 9.17) is 4.74 Å². The number of rotatable bonds is 7. The Morgan fingerprint density at radius 3 is 2.95 bits per heavy atom. The molecule has 0 saturated carbocycles. The minimum Gasteiger partial charge on any atom is -0.507 e. The predicted octanol–water partition coefficient (Wildman–Crippen LogP) is 0.787. The van der Waals surface area contributed by atoms with E-state index in [1.54, 1.807) is 24.8 Å². The van der Waals surface area contributed by atoms with E-state index in [1.807, 2.05) is 0 Å². The number of hydrogen-bond donors (Lipinski definition) is 2. The fourth-order valence-electron chi connectivity index (χ4n) is 2.32. The molecule has 0 atom stereocenters. The number of phenolic OH excluding ortho intramolecular Hbond substituents is 1. The van der Waals surface area contributed by atoms with E-state index in [-0.39, 0.29) is 17.2 Å². The maximum Gasteiger partial charge on any atom is 0.220 e. The topological polar surface area (TPSA) is 93.5 Å². The van der Waals surface area contributed by atoms with Crippen molar-refractivity contribution in [2.75, 3.05) is 20.3 Å². The van der Waals surface area contributed by atoms with Crippen LogP contribution in [0, 0.1) is 0 Å². The van der Waals surface area contributed by atoms with Crippen LogP contribution in [0.1, 0.15) is 22.6 Å². The molecule has 0 aliphatic rings. The first-order valence-electron chi connectivity index (χ1n) is 6.96. The van der Waals surface area contributed by atoms with E-state index in [2.05, 4.69) is 10.3 Å². The number of phenols is 1. The maximum absolute atomic E-state index is 11.7. The number of benzene rings is 1. The maximum atomic E-state index is 11.7. The van der Waals surface area contributed by atoms with E-state index in [1.165, 1.54) is 6.07 Å². The van der Waals surface area contributed by atoms with Crippen molar-refractivity contribution >= 4 is 23.2 Å². The molecule has 1 aromatic carbocycles. The number of fused-ring (bicyclic) bond motifs is 1. The van der Waals surface area contributed by atoms with E-state index < -0.39 is 0 Å². The Balaban J connectivity index is 2.14. The number of aromatic hydroxyl groups is 1. The van der Waals surface area contributed by atoms with Crippen LogP contribution in [0.2, 0.25) is 0 Å². The fraction of sp³-hybridized carbons (Fsp3) is 0.400. The Hall–Kier alpha value is -2.41. The molecule has 0 spiro atoms. The van der Waals surface area contributed by atoms with Crippen molar-refractivity contribution in [1.29, 1.82) is 0 Å². The number of nitrogens with one attached hydrogen (secondary N) is 1. The molecule has 1 heterocycles. The first-order valence-corrected chi connectivity index (χ1v) is 6.96. The smallest absolute Gasteiger partial charge is 0.220 e. The van der Waals surface area contributed by atoms with Gasteiger partial charge in [-0.2, -0.15) is 0 Å². The van der Waals surface area contributed by atoms with Gasteiger partial charge in [0.05, 0.1) is 23.2 Å². The number of hydrogen-bond acceptors (Lipinski definition) is 5. The van der Waals surface area contributed by atoms with E-state index in [0.29, 0.717) is 49.1 Å². The zero-order chi connectivity index (χ0) is 16.1. The van der Waals surface area contributed by atoms with Crippen molar-refractivity contribution in [2.45, 2.75) is 12.8 Å². The number of imidazole rings is 1.